The van der Waals surface area contributed by atoms with Crippen molar-refractivity contribution in [1.29, 1.82) is 0 Å². The fourth-order valence-electron chi connectivity index (χ4n) is 2.74. The minimum Gasteiger partial charge on any atom is -0.369 e. The van der Waals surface area contributed by atoms with Crippen LogP contribution in [0.5, 0.6) is 0 Å². The first-order valence-electron chi connectivity index (χ1n) is 7.44. The van der Waals surface area contributed by atoms with Crippen LogP contribution in [0.2, 0.25) is 0 Å². The Balaban J connectivity index is 1.85. The minimum absolute atomic E-state index is 0.0871. The molecule has 1 saturated heterocycles. The van der Waals surface area contributed by atoms with Gasteiger partial charge >= 0.3 is 0 Å². The number of aromatic nitrogens is 2. The van der Waals surface area contributed by atoms with E-state index >= 15 is 0 Å². The van der Waals surface area contributed by atoms with E-state index in [2.05, 4.69) is 9.82 Å². The molecule has 1 N–H and O–H groups in total. The van der Waals surface area contributed by atoms with Crippen molar-refractivity contribution in [3.63, 3.8) is 0 Å². The van der Waals surface area contributed by atoms with E-state index in [1.807, 2.05) is 4.90 Å². The van der Waals surface area contributed by atoms with Gasteiger partial charge in [-0.1, -0.05) is 0 Å². The third-order valence-corrected chi connectivity index (χ3v) is 5.61. The first-order valence-corrected chi connectivity index (χ1v) is 8.93. The zero-order chi connectivity index (χ0) is 16.6. The molecule has 1 aromatic heterocycles. The lowest BCUT2D eigenvalue weighted by Gasteiger charge is -2.19. The van der Waals surface area contributed by atoms with Gasteiger partial charge < -0.3 is 4.90 Å². The Morgan fingerprint density at radius 3 is 2.52 bits per heavy atom. The number of benzene rings is 1. The first-order chi connectivity index (χ1) is 10.9. The summed E-state index contributed by atoms with van der Waals surface area (Å²) in [6, 6.07) is 4.42. The molecule has 1 aromatic carbocycles. The van der Waals surface area contributed by atoms with E-state index in [9.17, 15) is 12.8 Å². The lowest BCUT2D eigenvalue weighted by Crippen LogP contribution is -2.19. The number of hydrogen-bond donors (Lipinski definition) is 1. The van der Waals surface area contributed by atoms with E-state index in [1.54, 1.807) is 26.1 Å². The monoisotopic (exact) mass is 338 g/mol. The number of sulfonamides is 1. The summed E-state index contributed by atoms with van der Waals surface area (Å²) >= 11 is 0. The average molecular weight is 338 g/mol. The fraction of sp³-hybridized carbons (Fsp3) is 0.400. The molecule has 0 spiro atoms. The van der Waals surface area contributed by atoms with Gasteiger partial charge in [0, 0.05) is 26.2 Å². The maximum Gasteiger partial charge on any atom is 0.265 e. The van der Waals surface area contributed by atoms with Crippen LogP contribution in [0.1, 0.15) is 18.5 Å². The fourth-order valence-corrected chi connectivity index (χ4v) is 3.99. The molecular weight excluding hydrogens is 319 g/mol. The summed E-state index contributed by atoms with van der Waals surface area (Å²) in [5.74, 6) is -0.421. The van der Waals surface area contributed by atoms with Crippen LogP contribution in [0.25, 0.3) is 0 Å². The van der Waals surface area contributed by atoms with Gasteiger partial charge in [-0.2, -0.15) is 5.10 Å². The predicted octanol–water partition coefficient (Wildman–Crippen LogP) is 2.27. The van der Waals surface area contributed by atoms with Crippen LogP contribution in [0.15, 0.2) is 29.3 Å². The summed E-state index contributed by atoms with van der Waals surface area (Å²) in [6.45, 7) is 3.33. The van der Waals surface area contributed by atoms with E-state index in [4.69, 9.17) is 0 Å². The van der Waals surface area contributed by atoms with E-state index in [0.717, 1.165) is 25.9 Å². The summed E-state index contributed by atoms with van der Waals surface area (Å²) in [5.41, 5.74) is 1.24. The van der Waals surface area contributed by atoms with E-state index < -0.39 is 15.8 Å². The Morgan fingerprint density at radius 2 is 1.96 bits per heavy atom. The molecule has 3 rings (SSSR count). The second kappa shape index (κ2) is 5.84. The predicted molar refractivity (Wildman–Crippen MR) is 86.6 cm³/mol. The van der Waals surface area contributed by atoms with Gasteiger partial charge in [0.25, 0.3) is 10.0 Å². The Bertz CT molecular complexity index is 826. The molecule has 6 nitrogen and oxygen atoms in total. The standard InChI is InChI=1S/C15H19FN4O2S/c1-11-15(10-17-19(11)2)23(21,22)18-12-5-6-14(13(16)9-12)20-7-3-4-8-20/h5-6,9-10,18H,3-4,7-8H2,1-2H3. The van der Waals surface area contributed by atoms with Gasteiger partial charge in [0.2, 0.25) is 0 Å². The molecule has 1 fully saturated rings. The normalized spacial score (nSPS) is 15.2. The molecular formula is C15H19FN4O2S. The quantitative estimate of drug-likeness (QED) is 0.929. The molecule has 0 unspecified atom stereocenters. The summed E-state index contributed by atoms with van der Waals surface area (Å²) in [5, 5.41) is 3.92. The Hall–Kier alpha value is -2.09. The molecule has 0 aliphatic carbocycles. The SMILES string of the molecule is Cc1c(S(=O)(=O)Nc2ccc(N3CCCC3)c(F)c2)cnn1C. The van der Waals surface area contributed by atoms with Gasteiger partial charge in [-0.05, 0) is 31.9 Å². The highest BCUT2D eigenvalue weighted by Gasteiger charge is 2.21. The van der Waals surface area contributed by atoms with Crippen LogP contribution < -0.4 is 9.62 Å². The van der Waals surface area contributed by atoms with Gasteiger partial charge in [-0.25, -0.2) is 12.8 Å². The summed E-state index contributed by atoms with van der Waals surface area (Å²) < 4.78 is 42.9. The Kier molecular flexibility index (Phi) is 4.01. The van der Waals surface area contributed by atoms with Crippen LogP contribution in [0, 0.1) is 12.7 Å². The van der Waals surface area contributed by atoms with Crippen molar-refractivity contribution in [3.8, 4) is 0 Å². The van der Waals surface area contributed by atoms with Crippen LogP contribution in [0.3, 0.4) is 0 Å². The number of nitrogens with zero attached hydrogens (tertiary/aromatic N) is 3. The summed E-state index contributed by atoms with van der Waals surface area (Å²) in [4.78, 5) is 2.06. The molecule has 0 saturated carbocycles. The molecule has 124 valence electrons. The van der Waals surface area contributed by atoms with Crippen LogP contribution in [0.4, 0.5) is 15.8 Å². The van der Waals surface area contributed by atoms with Crippen molar-refractivity contribution < 1.29 is 12.8 Å². The molecule has 2 heterocycles. The van der Waals surface area contributed by atoms with Crippen molar-refractivity contribution in [1.82, 2.24) is 9.78 Å². The van der Waals surface area contributed by atoms with E-state index in [-0.39, 0.29) is 10.6 Å². The van der Waals surface area contributed by atoms with Gasteiger partial charge in [0.1, 0.15) is 10.7 Å². The van der Waals surface area contributed by atoms with E-state index in [1.165, 1.54) is 16.9 Å². The maximum atomic E-state index is 14.3. The third kappa shape index (κ3) is 3.03. The third-order valence-electron chi connectivity index (χ3n) is 4.13. The maximum absolute atomic E-state index is 14.3. The highest BCUT2D eigenvalue weighted by Crippen LogP contribution is 2.27. The number of halogens is 1. The molecule has 0 bridgehead atoms. The van der Waals surface area contributed by atoms with E-state index in [0.29, 0.717) is 11.4 Å². The molecule has 8 heteroatoms. The minimum atomic E-state index is -3.79. The summed E-state index contributed by atoms with van der Waals surface area (Å²) in [7, 11) is -2.12. The lowest BCUT2D eigenvalue weighted by molar-refractivity contribution is 0.600. The Labute approximate surface area is 135 Å². The van der Waals surface area contributed by atoms with Crippen LogP contribution >= 0.6 is 0 Å². The van der Waals surface area contributed by atoms with Gasteiger partial charge in [0.15, 0.2) is 0 Å². The summed E-state index contributed by atoms with van der Waals surface area (Å²) in [6.07, 6.45) is 3.38. The van der Waals surface area contributed by atoms with Crippen molar-refractivity contribution in [2.24, 2.45) is 7.05 Å². The van der Waals surface area contributed by atoms with Crippen molar-refractivity contribution in [3.05, 3.63) is 35.9 Å². The van der Waals surface area contributed by atoms with Crippen molar-refractivity contribution in [2.45, 2.75) is 24.7 Å². The number of aryl methyl sites for hydroxylation is 1. The highest BCUT2D eigenvalue weighted by molar-refractivity contribution is 7.92. The molecule has 23 heavy (non-hydrogen) atoms. The topological polar surface area (TPSA) is 67.2 Å². The van der Waals surface area contributed by atoms with Crippen molar-refractivity contribution in [2.75, 3.05) is 22.7 Å². The molecule has 0 atom stereocenters. The van der Waals surface area contributed by atoms with Gasteiger partial charge in [0.05, 0.1) is 23.3 Å². The number of hydrogen-bond acceptors (Lipinski definition) is 4. The van der Waals surface area contributed by atoms with Crippen molar-refractivity contribution >= 4 is 21.4 Å². The molecule has 0 amide bonds. The smallest absolute Gasteiger partial charge is 0.265 e. The molecule has 1 aliphatic heterocycles. The molecule has 1 aliphatic rings. The van der Waals surface area contributed by atoms with Gasteiger partial charge in [-0.15, -0.1) is 0 Å². The first kappa shape index (κ1) is 15.8. The number of nitrogens with one attached hydrogen (secondary N) is 1. The molecule has 2 aromatic rings. The Morgan fingerprint density at radius 1 is 1.26 bits per heavy atom. The zero-order valence-corrected chi connectivity index (χ0v) is 13.9. The highest BCUT2D eigenvalue weighted by atomic mass is 32.2. The number of rotatable bonds is 4. The number of anilines is 2. The van der Waals surface area contributed by atoms with Crippen LogP contribution in [-0.4, -0.2) is 31.3 Å². The van der Waals surface area contributed by atoms with Crippen LogP contribution in [-0.2, 0) is 17.1 Å². The molecule has 0 radical (unpaired) electrons. The zero-order valence-electron chi connectivity index (χ0n) is 13.1. The average Bonchev–Trinajstić information content (AvgIpc) is 3.10. The lowest BCUT2D eigenvalue weighted by atomic mass is 10.2. The second-order valence-electron chi connectivity index (χ2n) is 5.68. The van der Waals surface area contributed by atoms with Gasteiger partial charge in [-0.3, -0.25) is 9.40 Å². The largest absolute Gasteiger partial charge is 0.369 e. The second-order valence-corrected chi connectivity index (χ2v) is 7.33.